The highest BCUT2D eigenvalue weighted by atomic mass is 35.5. The molecule has 202 valence electrons. The fourth-order valence-electron chi connectivity index (χ4n) is 5.36. The van der Waals surface area contributed by atoms with E-state index in [9.17, 15) is 4.79 Å². The Hall–Kier alpha value is -3.03. The molecule has 2 aliphatic heterocycles. The Bertz CT molecular complexity index is 1320. The van der Waals surface area contributed by atoms with Gasteiger partial charge in [-0.2, -0.15) is 5.10 Å². The van der Waals surface area contributed by atoms with Crippen LogP contribution < -0.4 is 9.47 Å². The summed E-state index contributed by atoms with van der Waals surface area (Å²) in [5.74, 6) is 1.82. The van der Waals surface area contributed by atoms with Crippen molar-refractivity contribution in [3.05, 3.63) is 58.3 Å². The molecule has 0 aliphatic carbocycles. The van der Waals surface area contributed by atoms with Gasteiger partial charge in [0.05, 0.1) is 18.0 Å². The Morgan fingerprint density at radius 2 is 2.08 bits per heavy atom. The molecule has 1 saturated heterocycles. The Morgan fingerprint density at radius 1 is 1.21 bits per heavy atom. The highest BCUT2D eigenvalue weighted by Crippen LogP contribution is 2.36. The lowest BCUT2D eigenvalue weighted by Gasteiger charge is -2.26. The van der Waals surface area contributed by atoms with Gasteiger partial charge in [0.1, 0.15) is 29.4 Å². The molecule has 0 saturated carbocycles. The van der Waals surface area contributed by atoms with Gasteiger partial charge < -0.3 is 14.2 Å². The first-order chi connectivity index (χ1) is 18.4. The number of halogens is 1. The van der Waals surface area contributed by atoms with Crippen LogP contribution in [0.1, 0.15) is 57.3 Å². The summed E-state index contributed by atoms with van der Waals surface area (Å²) in [7, 11) is 0. The van der Waals surface area contributed by atoms with Gasteiger partial charge in [-0.3, -0.25) is 14.8 Å². The van der Waals surface area contributed by atoms with Crippen LogP contribution in [-0.2, 0) is 9.53 Å². The molecule has 0 amide bonds. The Morgan fingerprint density at radius 3 is 2.89 bits per heavy atom. The van der Waals surface area contributed by atoms with E-state index in [4.69, 9.17) is 25.8 Å². The third kappa shape index (κ3) is 6.00. The normalized spacial score (nSPS) is 18.9. The summed E-state index contributed by atoms with van der Waals surface area (Å²) in [4.78, 5) is 14.6. The number of carbonyl (C=O) groups excluding carboxylic acids is 1. The number of aromatic nitrogens is 2. The van der Waals surface area contributed by atoms with Crippen LogP contribution in [0.15, 0.2) is 42.0 Å². The van der Waals surface area contributed by atoms with Crippen LogP contribution in [0.25, 0.3) is 17.0 Å². The highest BCUT2D eigenvalue weighted by molar-refractivity contribution is 6.34. The maximum absolute atomic E-state index is 12.2. The molecule has 1 N–H and O–H groups in total. The second-order valence-electron chi connectivity index (χ2n) is 10.5. The molecule has 1 fully saturated rings. The first kappa shape index (κ1) is 26.6. The van der Waals surface area contributed by atoms with Gasteiger partial charge in [-0.1, -0.05) is 31.5 Å². The second-order valence-corrected chi connectivity index (χ2v) is 10.9. The molecule has 2 aliphatic rings. The topological polar surface area (TPSA) is 76.7 Å². The molecule has 3 heterocycles. The number of esters is 1. The van der Waals surface area contributed by atoms with Crippen molar-refractivity contribution in [3.8, 4) is 11.5 Å². The zero-order valence-corrected chi connectivity index (χ0v) is 23.1. The molecular weight excluding hydrogens is 502 g/mol. The van der Waals surface area contributed by atoms with Gasteiger partial charge in [0, 0.05) is 23.6 Å². The van der Waals surface area contributed by atoms with Gasteiger partial charge in [-0.15, -0.1) is 0 Å². The van der Waals surface area contributed by atoms with Crippen molar-refractivity contribution in [3.63, 3.8) is 0 Å². The van der Waals surface area contributed by atoms with Crippen LogP contribution in [0.4, 0.5) is 0 Å². The van der Waals surface area contributed by atoms with E-state index in [1.165, 1.54) is 5.57 Å². The summed E-state index contributed by atoms with van der Waals surface area (Å²) in [6, 6.07) is 12.1. The molecule has 1 aromatic heterocycles. The van der Waals surface area contributed by atoms with Crippen molar-refractivity contribution in [2.45, 2.75) is 46.1 Å². The molecule has 3 aromatic rings. The number of nitrogens with zero attached hydrogens (tertiary/aromatic N) is 2. The zero-order valence-electron chi connectivity index (χ0n) is 22.3. The van der Waals surface area contributed by atoms with E-state index in [1.807, 2.05) is 37.3 Å². The first-order valence-corrected chi connectivity index (χ1v) is 13.9. The highest BCUT2D eigenvalue weighted by Gasteiger charge is 2.25. The predicted octanol–water partition coefficient (Wildman–Crippen LogP) is 6.43. The number of nitrogens with one attached hydrogen (secondary N) is 1. The van der Waals surface area contributed by atoms with Crippen molar-refractivity contribution in [1.82, 2.24) is 15.1 Å². The van der Waals surface area contributed by atoms with Crippen molar-refractivity contribution in [2.24, 2.45) is 11.8 Å². The first-order valence-electron chi connectivity index (χ1n) is 13.6. The maximum atomic E-state index is 12.2. The minimum absolute atomic E-state index is 0.0175. The van der Waals surface area contributed by atoms with E-state index in [-0.39, 0.29) is 23.9 Å². The summed E-state index contributed by atoms with van der Waals surface area (Å²) < 4.78 is 17.9. The van der Waals surface area contributed by atoms with Gasteiger partial charge in [0.25, 0.3) is 0 Å². The van der Waals surface area contributed by atoms with E-state index >= 15 is 0 Å². The van der Waals surface area contributed by atoms with E-state index < -0.39 is 0 Å². The molecule has 8 heteroatoms. The zero-order chi connectivity index (χ0) is 26.6. The molecule has 0 radical (unpaired) electrons. The van der Waals surface area contributed by atoms with Gasteiger partial charge in [-0.25, -0.2) is 0 Å². The van der Waals surface area contributed by atoms with Crippen molar-refractivity contribution in [2.75, 3.05) is 32.8 Å². The molecule has 0 bridgehead atoms. The summed E-state index contributed by atoms with van der Waals surface area (Å²) in [6.07, 6.45) is 4.84. The monoisotopic (exact) mass is 537 g/mol. The molecule has 5 rings (SSSR count). The van der Waals surface area contributed by atoms with Crippen LogP contribution in [0.2, 0.25) is 5.15 Å². The lowest BCUT2D eigenvalue weighted by Crippen LogP contribution is -2.29. The Kier molecular flexibility index (Phi) is 8.24. The number of hydrogen-bond donors (Lipinski definition) is 1. The largest absolute Gasteiger partial charge is 0.488 e. The number of carbonyl (C=O) groups is 1. The molecule has 2 aromatic carbocycles. The van der Waals surface area contributed by atoms with Gasteiger partial charge in [-0.05, 0) is 86.7 Å². The summed E-state index contributed by atoms with van der Waals surface area (Å²) in [5.41, 5.74) is 4.20. The van der Waals surface area contributed by atoms with E-state index in [2.05, 4.69) is 41.1 Å². The van der Waals surface area contributed by atoms with E-state index in [0.717, 1.165) is 72.4 Å². The lowest BCUT2D eigenvalue weighted by atomic mass is 9.97. The molecule has 2 unspecified atom stereocenters. The third-order valence-corrected chi connectivity index (χ3v) is 7.64. The van der Waals surface area contributed by atoms with Crippen molar-refractivity contribution < 1.29 is 19.0 Å². The molecule has 0 spiro atoms. The molecular formula is C30H36ClN3O4. The minimum atomic E-state index is -0.139. The number of ether oxygens (including phenoxy) is 3. The molecule has 2 atom stereocenters. The van der Waals surface area contributed by atoms with Gasteiger partial charge in [0.2, 0.25) is 0 Å². The van der Waals surface area contributed by atoms with E-state index in [1.54, 1.807) is 0 Å². The standard InChI is InChI=1S/C30H36ClN3O4/c1-4-36-30(35)21-6-5-12-34(13-11-21)17-20-14-22-7-9-24(16-27(22)37-18-20)38-28(19(2)3)23-8-10-26-25(15-23)29(31)33-32-26/h7-10,14-16,19,21,28H,4-6,11-13,17-18H2,1-3H3,(H,32,33). The number of benzene rings is 2. The number of H-pyrrole nitrogens is 1. The number of aromatic amines is 1. The van der Waals surface area contributed by atoms with Crippen LogP contribution in [-0.4, -0.2) is 53.9 Å². The fraction of sp³-hybridized carbons (Fsp3) is 0.467. The van der Waals surface area contributed by atoms with Gasteiger partial charge >= 0.3 is 5.97 Å². The quantitative estimate of drug-likeness (QED) is 0.333. The van der Waals surface area contributed by atoms with Crippen LogP contribution in [0.3, 0.4) is 0 Å². The van der Waals surface area contributed by atoms with Crippen molar-refractivity contribution in [1.29, 1.82) is 0 Å². The number of rotatable bonds is 8. The summed E-state index contributed by atoms with van der Waals surface area (Å²) in [5, 5.41) is 8.48. The summed E-state index contributed by atoms with van der Waals surface area (Å²) in [6.45, 7) is 9.89. The average molecular weight is 538 g/mol. The fourth-order valence-corrected chi connectivity index (χ4v) is 5.56. The SMILES string of the molecule is CCOC(=O)C1CCCN(CC2=Cc3ccc(OC(c4ccc5n[nH]c(Cl)c5c4)C(C)C)cc3OC2)CC1. The van der Waals surface area contributed by atoms with Crippen LogP contribution in [0.5, 0.6) is 11.5 Å². The van der Waals surface area contributed by atoms with Crippen LogP contribution in [0, 0.1) is 11.8 Å². The smallest absolute Gasteiger partial charge is 0.308 e. The third-order valence-electron chi connectivity index (χ3n) is 7.35. The maximum Gasteiger partial charge on any atom is 0.308 e. The average Bonchev–Trinajstić information content (AvgIpc) is 3.12. The number of fused-ring (bicyclic) bond motifs is 2. The predicted molar refractivity (Wildman–Crippen MR) is 150 cm³/mol. The number of hydrogen-bond acceptors (Lipinski definition) is 6. The Balaban J connectivity index is 1.25. The Labute approximate surface area is 229 Å². The van der Waals surface area contributed by atoms with Crippen LogP contribution >= 0.6 is 11.6 Å². The molecule has 38 heavy (non-hydrogen) atoms. The molecule has 7 nitrogen and oxygen atoms in total. The van der Waals surface area contributed by atoms with E-state index in [0.29, 0.717) is 18.4 Å². The minimum Gasteiger partial charge on any atom is -0.488 e. The second kappa shape index (κ2) is 11.8. The number of likely N-dealkylation sites (tertiary alicyclic amines) is 1. The lowest BCUT2D eigenvalue weighted by molar-refractivity contribution is -0.148. The van der Waals surface area contributed by atoms with Gasteiger partial charge in [0.15, 0.2) is 0 Å². The summed E-state index contributed by atoms with van der Waals surface area (Å²) >= 11 is 6.28. The van der Waals surface area contributed by atoms with Crippen molar-refractivity contribution >= 4 is 34.5 Å².